The SMILES string of the molecule is O=c1c2ccccc2sn1CCCCCO. The molecule has 0 spiro atoms. The van der Waals surface area contributed by atoms with E-state index in [1.165, 1.54) is 11.5 Å². The summed E-state index contributed by atoms with van der Waals surface area (Å²) in [4.78, 5) is 11.9. The van der Waals surface area contributed by atoms with Crippen LogP contribution in [0.3, 0.4) is 0 Å². The van der Waals surface area contributed by atoms with Crippen molar-refractivity contribution < 1.29 is 5.11 Å². The minimum absolute atomic E-state index is 0.115. The van der Waals surface area contributed by atoms with Gasteiger partial charge in [0.2, 0.25) is 0 Å². The van der Waals surface area contributed by atoms with E-state index in [1.54, 1.807) is 0 Å². The van der Waals surface area contributed by atoms with Crippen molar-refractivity contribution in [3.63, 3.8) is 0 Å². The molecule has 0 saturated heterocycles. The van der Waals surface area contributed by atoms with Crippen LogP contribution >= 0.6 is 11.5 Å². The fourth-order valence-electron chi connectivity index (χ4n) is 1.71. The largest absolute Gasteiger partial charge is 0.396 e. The fourth-order valence-corrected chi connectivity index (χ4v) is 2.74. The molecule has 0 saturated carbocycles. The topological polar surface area (TPSA) is 42.2 Å². The second-order valence-corrected chi connectivity index (χ2v) is 4.84. The number of fused-ring (bicyclic) bond motifs is 1. The first-order chi connectivity index (χ1) is 7.83. The van der Waals surface area contributed by atoms with Crippen LogP contribution in [0.2, 0.25) is 0 Å². The molecule has 3 nitrogen and oxygen atoms in total. The number of aliphatic hydroxyl groups excluding tert-OH is 1. The first kappa shape index (κ1) is 11.4. The van der Waals surface area contributed by atoms with Crippen LogP contribution < -0.4 is 5.56 Å². The first-order valence-electron chi connectivity index (χ1n) is 5.52. The zero-order chi connectivity index (χ0) is 11.4. The number of rotatable bonds is 5. The molecule has 16 heavy (non-hydrogen) atoms. The lowest BCUT2D eigenvalue weighted by Crippen LogP contribution is -2.12. The number of aromatic nitrogens is 1. The predicted molar refractivity (Wildman–Crippen MR) is 67.0 cm³/mol. The number of aliphatic hydroxyl groups is 1. The Balaban J connectivity index is 2.13. The Kier molecular flexibility index (Phi) is 3.74. The summed E-state index contributed by atoms with van der Waals surface area (Å²) in [7, 11) is 0. The van der Waals surface area contributed by atoms with E-state index in [1.807, 2.05) is 28.2 Å². The van der Waals surface area contributed by atoms with Gasteiger partial charge >= 0.3 is 0 Å². The van der Waals surface area contributed by atoms with Crippen LogP contribution in [0, 0.1) is 0 Å². The summed E-state index contributed by atoms with van der Waals surface area (Å²) in [6, 6.07) is 7.70. The maximum atomic E-state index is 11.9. The van der Waals surface area contributed by atoms with E-state index < -0.39 is 0 Å². The molecule has 4 heteroatoms. The molecule has 0 atom stereocenters. The van der Waals surface area contributed by atoms with Gasteiger partial charge in [-0.25, -0.2) is 0 Å². The average molecular weight is 237 g/mol. The summed E-state index contributed by atoms with van der Waals surface area (Å²) < 4.78 is 2.86. The van der Waals surface area contributed by atoms with Gasteiger partial charge in [0.1, 0.15) is 0 Å². The molecular formula is C12H15NO2S. The molecule has 0 radical (unpaired) electrons. The highest BCUT2D eigenvalue weighted by Crippen LogP contribution is 2.16. The van der Waals surface area contributed by atoms with Crippen LogP contribution in [0.5, 0.6) is 0 Å². The molecule has 1 N–H and O–H groups in total. The van der Waals surface area contributed by atoms with Crippen molar-refractivity contribution in [3.8, 4) is 0 Å². The third-order valence-corrected chi connectivity index (χ3v) is 3.69. The maximum Gasteiger partial charge on any atom is 0.268 e. The monoisotopic (exact) mass is 237 g/mol. The standard InChI is InChI=1S/C12H15NO2S/c14-9-5-1-4-8-13-12(15)10-6-2-3-7-11(10)16-13/h2-3,6-7,14H,1,4-5,8-9H2. The second kappa shape index (κ2) is 5.27. The summed E-state index contributed by atoms with van der Waals surface area (Å²) in [6.07, 6.45) is 2.74. The van der Waals surface area contributed by atoms with Crippen LogP contribution in [0.1, 0.15) is 19.3 Å². The van der Waals surface area contributed by atoms with Crippen molar-refractivity contribution >= 4 is 21.6 Å². The molecule has 0 unspecified atom stereocenters. The molecule has 86 valence electrons. The van der Waals surface area contributed by atoms with E-state index >= 15 is 0 Å². The zero-order valence-electron chi connectivity index (χ0n) is 9.06. The molecule has 0 amide bonds. The molecule has 0 bridgehead atoms. The van der Waals surface area contributed by atoms with Crippen molar-refractivity contribution in [1.29, 1.82) is 0 Å². The Bertz CT molecular complexity index is 515. The third-order valence-electron chi connectivity index (χ3n) is 2.57. The molecule has 0 aliphatic rings. The normalized spacial score (nSPS) is 11.1. The molecule has 0 fully saturated rings. The van der Waals surface area contributed by atoms with Gasteiger partial charge < -0.3 is 5.11 Å². The number of aryl methyl sites for hydroxylation is 1. The predicted octanol–water partition coefficient (Wildman–Crippen LogP) is 2.23. The lowest BCUT2D eigenvalue weighted by atomic mass is 10.2. The number of hydrogen-bond donors (Lipinski definition) is 1. The molecular weight excluding hydrogens is 222 g/mol. The van der Waals surface area contributed by atoms with E-state index in [9.17, 15) is 4.79 Å². The Labute approximate surface area is 98.1 Å². The van der Waals surface area contributed by atoms with Crippen molar-refractivity contribution in [1.82, 2.24) is 3.96 Å². The summed E-state index contributed by atoms with van der Waals surface area (Å²) >= 11 is 1.52. The zero-order valence-corrected chi connectivity index (χ0v) is 9.87. The quantitative estimate of drug-likeness (QED) is 0.810. The van der Waals surface area contributed by atoms with Crippen LogP contribution in [0.25, 0.3) is 10.1 Å². The van der Waals surface area contributed by atoms with Gasteiger partial charge in [0.15, 0.2) is 0 Å². The molecule has 0 aliphatic heterocycles. The van der Waals surface area contributed by atoms with E-state index in [4.69, 9.17) is 5.11 Å². The minimum atomic E-state index is 0.115. The smallest absolute Gasteiger partial charge is 0.268 e. The molecule has 0 aliphatic carbocycles. The average Bonchev–Trinajstić information content (AvgIpc) is 2.63. The number of hydrogen-bond acceptors (Lipinski definition) is 3. The lowest BCUT2D eigenvalue weighted by molar-refractivity contribution is 0.282. The molecule has 1 heterocycles. The highest BCUT2D eigenvalue weighted by atomic mass is 32.1. The van der Waals surface area contributed by atoms with Gasteiger partial charge in [0.25, 0.3) is 5.56 Å². The molecule has 1 aromatic heterocycles. The Hall–Kier alpha value is -1.13. The Morgan fingerprint density at radius 1 is 1.19 bits per heavy atom. The van der Waals surface area contributed by atoms with Crippen molar-refractivity contribution in [2.24, 2.45) is 0 Å². The number of benzene rings is 1. The van der Waals surface area contributed by atoms with Gasteiger partial charge in [-0.3, -0.25) is 8.75 Å². The van der Waals surface area contributed by atoms with Gasteiger partial charge in [0, 0.05) is 13.2 Å². The maximum absolute atomic E-state index is 11.9. The molecule has 2 aromatic rings. The number of nitrogens with zero attached hydrogens (tertiary/aromatic N) is 1. The lowest BCUT2D eigenvalue weighted by Gasteiger charge is -1.98. The van der Waals surface area contributed by atoms with Crippen LogP contribution in [0.15, 0.2) is 29.1 Å². The van der Waals surface area contributed by atoms with E-state index in [-0.39, 0.29) is 12.2 Å². The van der Waals surface area contributed by atoms with E-state index in [0.717, 1.165) is 35.9 Å². The Morgan fingerprint density at radius 3 is 2.75 bits per heavy atom. The second-order valence-electron chi connectivity index (χ2n) is 3.78. The van der Waals surface area contributed by atoms with Gasteiger partial charge in [-0.05, 0) is 31.4 Å². The summed E-state index contributed by atoms with van der Waals surface area (Å²) in [6.45, 7) is 0.999. The van der Waals surface area contributed by atoms with Gasteiger partial charge in [-0.15, -0.1) is 0 Å². The highest BCUT2D eigenvalue weighted by Gasteiger charge is 2.05. The van der Waals surface area contributed by atoms with Crippen molar-refractivity contribution in [3.05, 3.63) is 34.6 Å². The summed E-state index contributed by atoms with van der Waals surface area (Å²) in [5.74, 6) is 0. The van der Waals surface area contributed by atoms with Crippen LogP contribution in [-0.4, -0.2) is 15.7 Å². The molecule has 2 rings (SSSR count). The Morgan fingerprint density at radius 2 is 2.00 bits per heavy atom. The van der Waals surface area contributed by atoms with Crippen molar-refractivity contribution in [2.45, 2.75) is 25.8 Å². The summed E-state index contributed by atoms with van der Waals surface area (Å²) in [5, 5.41) is 9.48. The van der Waals surface area contributed by atoms with Gasteiger partial charge in [0.05, 0.1) is 10.1 Å². The van der Waals surface area contributed by atoms with E-state index in [2.05, 4.69) is 0 Å². The summed E-state index contributed by atoms with van der Waals surface area (Å²) in [5.41, 5.74) is 0.115. The van der Waals surface area contributed by atoms with E-state index in [0.29, 0.717) is 0 Å². The fraction of sp³-hybridized carbons (Fsp3) is 0.417. The van der Waals surface area contributed by atoms with Crippen LogP contribution in [0.4, 0.5) is 0 Å². The highest BCUT2D eigenvalue weighted by molar-refractivity contribution is 7.13. The van der Waals surface area contributed by atoms with Gasteiger partial charge in [-0.1, -0.05) is 23.7 Å². The van der Waals surface area contributed by atoms with Gasteiger partial charge in [-0.2, -0.15) is 0 Å². The minimum Gasteiger partial charge on any atom is -0.396 e. The van der Waals surface area contributed by atoms with Crippen LogP contribution in [-0.2, 0) is 6.54 Å². The van der Waals surface area contributed by atoms with Crippen molar-refractivity contribution in [2.75, 3.05) is 6.61 Å². The molecule has 1 aromatic carbocycles. The first-order valence-corrected chi connectivity index (χ1v) is 6.30. The third kappa shape index (κ3) is 2.33. The number of unbranched alkanes of at least 4 members (excludes halogenated alkanes) is 2.